The number of hydrogen-bond acceptors (Lipinski definition) is 4. The van der Waals surface area contributed by atoms with E-state index in [2.05, 4.69) is 10.3 Å². The van der Waals surface area contributed by atoms with Crippen LogP contribution in [0.1, 0.15) is 39.0 Å². The van der Waals surface area contributed by atoms with Crippen molar-refractivity contribution in [3.63, 3.8) is 0 Å². The van der Waals surface area contributed by atoms with Gasteiger partial charge in [0.15, 0.2) is 11.5 Å². The Labute approximate surface area is 109 Å². The summed E-state index contributed by atoms with van der Waals surface area (Å²) < 4.78 is 1.58. The number of hydrogen-bond donors (Lipinski definition) is 1. The third-order valence-electron chi connectivity index (χ3n) is 2.82. The number of carbonyl (C=O) groups excluding carboxylic acids is 1. The Bertz CT molecular complexity index is 646. The highest BCUT2D eigenvalue weighted by Crippen LogP contribution is 2.10. The van der Waals surface area contributed by atoms with E-state index in [0.29, 0.717) is 17.9 Å². The summed E-state index contributed by atoms with van der Waals surface area (Å²) in [5.74, 6) is -1.11. The van der Waals surface area contributed by atoms with Gasteiger partial charge in [-0.3, -0.25) is 4.79 Å². The molecule has 19 heavy (non-hydrogen) atoms. The zero-order chi connectivity index (χ0) is 14.0. The first kappa shape index (κ1) is 12.9. The summed E-state index contributed by atoms with van der Waals surface area (Å²) >= 11 is 0. The molecule has 0 unspecified atom stereocenters. The quantitative estimate of drug-likeness (QED) is 0.842. The van der Waals surface area contributed by atoms with Crippen molar-refractivity contribution in [3.8, 4) is 0 Å². The number of ketones is 1. The number of aromatic carboxylic acids is 1. The number of carbonyl (C=O) groups is 2. The van der Waals surface area contributed by atoms with E-state index >= 15 is 0 Å². The van der Waals surface area contributed by atoms with Crippen LogP contribution in [0.15, 0.2) is 24.3 Å². The van der Waals surface area contributed by atoms with E-state index in [-0.39, 0.29) is 11.3 Å². The molecule has 0 radical (unpaired) electrons. The van der Waals surface area contributed by atoms with Gasteiger partial charge in [0, 0.05) is 6.92 Å². The van der Waals surface area contributed by atoms with E-state index in [1.165, 1.54) is 13.0 Å². The average molecular weight is 259 g/mol. The standard InChI is InChI=1S/C13H13N3O3/c1-8-12(9(2)17)14-15-16(8)7-10-4-3-5-11(6-10)13(18)19/h3-6H,7H2,1-2H3,(H,18,19). The molecule has 0 fully saturated rings. The van der Waals surface area contributed by atoms with E-state index in [0.717, 1.165) is 5.56 Å². The van der Waals surface area contributed by atoms with Crippen LogP contribution in [0.4, 0.5) is 0 Å². The molecule has 0 spiro atoms. The van der Waals surface area contributed by atoms with Crippen LogP contribution >= 0.6 is 0 Å². The van der Waals surface area contributed by atoms with Gasteiger partial charge in [-0.1, -0.05) is 17.3 Å². The summed E-state index contributed by atoms with van der Waals surface area (Å²) in [6.45, 7) is 3.58. The number of carboxylic acid groups (broad SMARTS) is 1. The Morgan fingerprint density at radius 1 is 1.37 bits per heavy atom. The van der Waals surface area contributed by atoms with Crippen LogP contribution in [0.3, 0.4) is 0 Å². The number of aromatic nitrogens is 3. The molecule has 6 heteroatoms. The maximum atomic E-state index is 11.3. The Morgan fingerprint density at radius 2 is 2.11 bits per heavy atom. The minimum Gasteiger partial charge on any atom is -0.478 e. The molecule has 1 aromatic carbocycles. The maximum Gasteiger partial charge on any atom is 0.335 e. The zero-order valence-electron chi connectivity index (χ0n) is 10.6. The number of benzene rings is 1. The molecule has 0 atom stereocenters. The monoisotopic (exact) mass is 259 g/mol. The highest BCUT2D eigenvalue weighted by atomic mass is 16.4. The Hall–Kier alpha value is -2.50. The fraction of sp³-hybridized carbons (Fsp3) is 0.231. The normalized spacial score (nSPS) is 10.4. The Kier molecular flexibility index (Phi) is 3.41. The Morgan fingerprint density at radius 3 is 2.68 bits per heavy atom. The Balaban J connectivity index is 2.29. The van der Waals surface area contributed by atoms with Crippen molar-refractivity contribution in [3.05, 3.63) is 46.8 Å². The summed E-state index contributed by atoms with van der Waals surface area (Å²) in [6.07, 6.45) is 0. The van der Waals surface area contributed by atoms with Crippen LogP contribution in [-0.2, 0) is 6.54 Å². The van der Waals surface area contributed by atoms with Crippen molar-refractivity contribution >= 4 is 11.8 Å². The summed E-state index contributed by atoms with van der Waals surface area (Å²) in [6, 6.07) is 6.59. The van der Waals surface area contributed by atoms with Gasteiger partial charge in [-0.05, 0) is 24.6 Å². The van der Waals surface area contributed by atoms with E-state index in [9.17, 15) is 9.59 Å². The summed E-state index contributed by atoms with van der Waals surface area (Å²) in [4.78, 5) is 22.2. The maximum absolute atomic E-state index is 11.3. The second kappa shape index (κ2) is 5.01. The number of Topliss-reactive ketones (excluding diaryl/α,β-unsaturated/α-hetero) is 1. The molecule has 1 N–H and O–H groups in total. The van der Waals surface area contributed by atoms with Crippen molar-refractivity contribution < 1.29 is 14.7 Å². The van der Waals surface area contributed by atoms with Crippen LogP contribution in [-0.4, -0.2) is 31.9 Å². The lowest BCUT2D eigenvalue weighted by Gasteiger charge is -2.04. The molecule has 0 aliphatic rings. The molecule has 2 aromatic rings. The van der Waals surface area contributed by atoms with Gasteiger partial charge in [0.25, 0.3) is 0 Å². The van der Waals surface area contributed by atoms with Gasteiger partial charge in [-0.2, -0.15) is 0 Å². The van der Waals surface area contributed by atoms with Crippen molar-refractivity contribution in [2.75, 3.05) is 0 Å². The topological polar surface area (TPSA) is 85.1 Å². The smallest absolute Gasteiger partial charge is 0.335 e. The van der Waals surface area contributed by atoms with E-state index in [1.807, 2.05) is 0 Å². The molecule has 2 rings (SSSR count). The van der Waals surface area contributed by atoms with Crippen LogP contribution in [0, 0.1) is 6.92 Å². The van der Waals surface area contributed by atoms with Crippen LogP contribution in [0.5, 0.6) is 0 Å². The zero-order valence-corrected chi connectivity index (χ0v) is 10.6. The summed E-state index contributed by atoms with van der Waals surface area (Å²) in [5.41, 5.74) is 2.03. The third-order valence-corrected chi connectivity index (χ3v) is 2.82. The third kappa shape index (κ3) is 2.67. The van der Waals surface area contributed by atoms with Gasteiger partial charge in [0.05, 0.1) is 17.8 Å². The van der Waals surface area contributed by atoms with Crippen LogP contribution < -0.4 is 0 Å². The average Bonchev–Trinajstić information content (AvgIpc) is 2.71. The summed E-state index contributed by atoms with van der Waals surface area (Å²) in [7, 11) is 0. The molecule has 6 nitrogen and oxygen atoms in total. The predicted molar refractivity (Wildman–Crippen MR) is 67.3 cm³/mol. The number of rotatable bonds is 4. The molecule has 0 saturated heterocycles. The van der Waals surface area contributed by atoms with Gasteiger partial charge < -0.3 is 5.11 Å². The van der Waals surface area contributed by atoms with E-state index < -0.39 is 5.97 Å². The van der Waals surface area contributed by atoms with Crippen LogP contribution in [0.25, 0.3) is 0 Å². The lowest BCUT2D eigenvalue weighted by atomic mass is 10.1. The fourth-order valence-electron chi connectivity index (χ4n) is 1.81. The molecular formula is C13H13N3O3. The number of nitrogens with zero attached hydrogens (tertiary/aromatic N) is 3. The number of carboxylic acids is 1. The second-order valence-electron chi connectivity index (χ2n) is 4.24. The van der Waals surface area contributed by atoms with Gasteiger partial charge in [-0.15, -0.1) is 5.10 Å². The first-order chi connectivity index (χ1) is 8.99. The lowest BCUT2D eigenvalue weighted by molar-refractivity contribution is 0.0696. The highest BCUT2D eigenvalue weighted by Gasteiger charge is 2.13. The molecule has 0 amide bonds. The fourth-order valence-corrected chi connectivity index (χ4v) is 1.81. The van der Waals surface area contributed by atoms with Crippen molar-refractivity contribution in [1.82, 2.24) is 15.0 Å². The first-order valence-corrected chi connectivity index (χ1v) is 5.72. The molecule has 98 valence electrons. The molecule has 1 aromatic heterocycles. The van der Waals surface area contributed by atoms with E-state index in [4.69, 9.17) is 5.11 Å². The highest BCUT2D eigenvalue weighted by molar-refractivity contribution is 5.93. The van der Waals surface area contributed by atoms with E-state index in [1.54, 1.807) is 29.8 Å². The van der Waals surface area contributed by atoms with Crippen molar-refractivity contribution in [2.45, 2.75) is 20.4 Å². The van der Waals surface area contributed by atoms with Crippen LogP contribution in [0.2, 0.25) is 0 Å². The molecule has 0 aliphatic carbocycles. The second-order valence-corrected chi connectivity index (χ2v) is 4.24. The largest absolute Gasteiger partial charge is 0.478 e. The van der Waals surface area contributed by atoms with Gasteiger partial charge in [-0.25, -0.2) is 9.48 Å². The SMILES string of the molecule is CC(=O)c1nnn(Cc2cccc(C(=O)O)c2)c1C. The molecule has 0 saturated carbocycles. The predicted octanol–water partition coefficient (Wildman–Crippen LogP) is 1.54. The molecular weight excluding hydrogens is 246 g/mol. The molecule has 0 aliphatic heterocycles. The minimum atomic E-state index is -0.971. The lowest BCUT2D eigenvalue weighted by Crippen LogP contribution is -2.06. The first-order valence-electron chi connectivity index (χ1n) is 5.72. The van der Waals surface area contributed by atoms with Gasteiger partial charge in [0.1, 0.15) is 0 Å². The van der Waals surface area contributed by atoms with Gasteiger partial charge >= 0.3 is 5.97 Å². The molecule has 0 bridgehead atoms. The molecule has 1 heterocycles. The van der Waals surface area contributed by atoms with Crippen molar-refractivity contribution in [1.29, 1.82) is 0 Å². The van der Waals surface area contributed by atoms with Gasteiger partial charge in [0.2, 0.25) is 0 Å². The summed E-state index contributed by atoms with van der Waals surface area (Å²) in [5, 5.41) is 16.6. The van der Waals surface area contributed by atoms with Crippen molar-refractivity contribution in [2.24, 2.45) is 0 Å². The minimum absolute atomic E-state index is 0.136.